The molecule has 0 amide bonds. The molecule has 0 unspecified atom stereocenters. The Balaban J connectivity index is 1.28. The van der Waals surface area contributed by atoms with Crippen molar-refractivity contribution in [1.82, 2.24) is 20.4 Å². The zero-order chi connectivity index (χ0) is 21.3. The number of piperidine rings is 1. The molecule has 2 saturated heterocycles. The van der Waals surface area contributed by atoms with Crippen LogP contribution in [0.3, 0.4) is 0 Å². The Bertz CT molecular complexity index is 858. The maximum absolute atomic E-state index is 6.24. The number of nitrogens with two attached hydrogens (primary N) is 1. The third-order valence-corrected chi connectivity index (χ3v) is 8.01. The van der Waals surface area contributed by atoms with Crippen molar-refractivity contribution < 1.29 is 4.74 Å². The highest BCUT2D eigenvalue weighted by molar-refractivity contribution is 5.83. The molecule has 168 valence electrons. The number of piperazine rings is 1. The predicted molar refractivity (Wildman–Crippen MR) is 126 cm³/mol. The number of nitrogen functional groups attached to an aromatic ring is 1. The van der Waals surface area contributed by atoms with Gasteiger partial charge in [-0.1, -0.05) is 0 Å². The van der Waals surface area contributed by atoms with Crippen molar-refractivity contribution in [3.05, 3.63) is 24.5 Å². The second-order valence-corrected chi connectivity index (χ2v) is 9.60. The molecule has 0 bridgehead atoms. The number of H-pyrrole nitrogens is 1. The lowest BCUT2D eigenvalue weighted by atomic mass is 9.66. The van der Waals surface area contributed by atoms with Gasteiger partial charge in [0.2, 0.25) is 0 Å². The van der Waals surface area contributed by atoms with E-state index in [4.69, 9.17) is 10.5 Å². The molecule has 2 aliphatic heterocycles. The zero-order valence-electron chi connectivity index (χ0n) is 18.7. The zero-order valence-corrected chi connectivity index (χ0v) is 18.7. The van der Waals surface area contributed by atoms with Gasteiger partial charge in [-0.3, -0.25) is 10.00 Å². The van der Waals surface area contributed by atoms with Gasteiger partial charge in [0.15, 0.2) is 0 Å². The summed E-state index contributed by atoms with van der Waals surface area (Å²) in [5, 5.41) is 10.6. The number of nitrogens with one attached hydrogen (secondary N) is 2. The molecule has 0 atom stereocenters. The average Bonchev–Trinajstić information content (AvgIpc) is 3.36. The van der Waals surface area contributed by atoms with Crippen LogP contribution in [0.25, 0.3) is 11.1 Å². The summed E-state index contributed by atoms with van der Waals surface area (Å²) in [5.41, 5.74) is 10.9. The smallest absolute Gasteiger partial charge is 0.143 e. The molecular formula is C24H36N6O. The van der Waals surface area contributed by atoms with Gasteiger partial charge < -0.3 is 20.7 Å². The summed E-state index contributed by atoms with van der Waals surface area (Å²) in [4.78, 5) is 5.26. The number of aromatic amines is 1. The minimum Gasteiger partial charge on any atom is -0.495 e. The monoisotopic (exact) mass is 424 g/mol. The first-order valence-corrected chi connectivity index (χ1v) is 11.8. The molecule has 3 aliphatic rings. The van der Waals surface area contributed by atoms with Gasteiger partial charge in [0.1, 0.15) is 5.75 Å². The van der Waals surface area contributed by atoms with Gasteiger partial charge in [0.25, 0.3) is 0 Å². The first kappa shape index (κ1) is 20.6. The van der Waals surface area contributed by atoms with Gasteiger partial charge in [-0.25, -0.2) is 0 Å². The number of hydrogen-bond acceptors (Lipinski definition) is 6. The lowest BCUT2D eigenvalue weighted by molar-refractivity contribution is 0.0639. The van der Waals surface area contributed by atoms with Gasteiger partial charge in [0, 0.05) is 74.4 Å². The van der Waals surface area contributed by atoms with Crippen molar-refractivity contribution >= 4 is 11.4 Å². The molecule has 1 spiro atoms. The summed E-state index contributed by atoms with van der Waals surface area (Å²) in [6.07, 6.45) is 11.9. The number of benzene rings is 1. The number of methoxy groups -OCH3 is 1. The van der Waals surface area contributed by atoms with Crippen LogP contribution in [0, 0.1) is 5.41 Å². The van der Waals surface area contributed by atoms with E-state index in [0.29, 0.717) is 11.1 Å². The highest BCUT2D eigenvalue weighted by Gasteiger charge is 2.39. The molecule has 1 saturated carbocycles. The van der Waals surface area contributed by atoms with E-state index in [9.17, 15) is 0 Å². The lowest BCUT2D eigenvalue weighted by Gasteiger charge is -2.49. The molecule has 31 heavy (non-hydrogen) atoms. The van der Waals surface area contributed by atoms with E-state index < -0.39 is 0 Å². The Labute approximate surface area is 185 Å². The minimum atomic E-state index is 0.536. The quantitative estimate of drug-likeness (QED) is 0.655. The van der Waals surface area contributed by atoms with E-state index in [1.165, 1.54) is 57.3 Å². The second kappa shape index (κ2) is 8.71. The summed E-state index contributed by atoms with van der Waals surface area (Å²) in [6.45, 7) is 6.94. The fourth-order valence-electron chi connectivity index (χ4n) is 6.00. The Kier molecular flexibility index (Phi) is 5.80. The molecular weight excluding hydrogens is 388 g/mol. The first-order valence-electron chi connectivity index (χ1n) is 11.8. The SMILES string of the molecule is COc1cc(N2CCC3(CCC(N4CCNCC4)CC3)CC2)c(-c2cn[nH]c2)cc1N. The standard InChI is InChI=1S/C24H36N6O/c1-31-23-15-22(20(14-21(23)25)18-16-27-28-17-18)30-10-6-24(7-11-30)4-2-19(3-5-24)29-12-8-26-9-13-29/h14-17,19,26H,2-13,25H2,1H3,(H,27,28). The maximum atomic E-state index is 6.24. The van der Waals surface area contributed by atoms with Crippen LogP contribution in [0.4, 0.5) is 11.4 Å². The Hall–Kier alpha value is -2.25. The van der Waals surface area contributed by atoms with Gasteiger partial charge in [0.05, 0.1) is 19.0 Å². The predicted octanol–water partition coefficient (Wildman–Crippen LogP) is 3.10. The van der Waals surface area contributed by atoms with Crippen LogP contribution in [-0.2, 0) is 0 Å². The van der Waals surface area contributed by atoms with Crippen molar-refractivity contribution in [3.63, 3.8) is 0 Å². The van der Waals surface area contributed by atoms with Crippen molar-refractivity contribution in [2.24, 2.45) is 5.41 Å². The van der Waals surface area contributed by atoms with Crippen LogP contribution >= 0.6 is 0 Å². The third kappa shape index (κ3) is 4.13. The molecule has 1 aliphatic carbocycles. The molecule has 7 nitrogen and oxygen atoms in total. The van der Waals surface area contributed by atoms with Crippen LogP contribution in [0.15, 0.2) is 24.5 Å². The molecule has 3 fully saturated rings. The summed E-state index contributed by atoms with van der Waals surface area (Å²) >= 11 is 0. The highest BCUT2D eigenvalue weighted by atomic mass is 16.5. The van der Waals surface area contributed by atoms with Gasteiger partial charge in [-0.15, -0.1) is 0 Å². The normalized spacial score (nSPS) is 22.7. The first-order chi connectivity index (χ1) is 15.2. The number of aromatic nitrogens is 2. The molecule has 1 aromatic carbocycles. The van der Waals surface area contributed by atoms with E-state index in [1.54, 1.807) is 7.11 Å². The Morgan fingerprint density at radius 1 is 1.06 bits per heavy atom. The van der Waals surface area contributed by atoms with Crippen LogP contribution < -0.4 is 20.7 Å². The highest BCUT2D eigenvalue weighted by Crippen LogP contribution is 2.47. The number of rotatable bonds is 4. The second-order valence-electron chi connectivity index (χ2n) is 9.60. The topological polar surface area (TPSA) is 82.4 Å². The number of nitrogens with zero attached hydrogens (tertiary/aromatic N) is 3. The van der Waals surface area contributed by atoms with Crippen LogP contribution in [0.1, 0.15) is 38.5 Å². The molecule has 4 N–H and O–H groups in total. The average molecular weight is 425 g/mol. The van der Waals surface area contributed by atoms with Crippen molar-refractivity contribution in [1.29, 1.82) is 0 Å². The number of anilines is 2. The third-order valence-electron chi connectivity index (χ3n) is 8.01. The van der Waals surface area contributed by atoms with Crippen molar-refractivity contribution in [2.75, 3.05) is 57.0 Å². The van der Waals surface area contributed by atoms with E-state index in [0.717, 1.165) is 49.1 Å². The number of hydrogen-bond donors (Lipinski definition) is 3. The molecule has 3 heterocycles. The fraction of sp³-hybridized carbons (Fsp3) is 0.625. The molecule has 5 rings (SSSR count). The summed E-state index contributed by atoms with van der Waals surface area (Å²) < 4.78 is 5.54. The van der Waals surface area contributed by atoms with Gasteiger partial charge in [-0.2, -0.15) is 5.10 Å². The van der Waals surface area contributed by atoms with Crippen LogP contribution in [0.5, 0.6) is 5.75 Å². The summed E-state index contributed by atoms with van der Waals surface area (Å²) in [7, 11) is 1.69. The van der Waals surface area contributed by atoms with Gasteiger partial charge in [-0.05, 0) is 50.0 Å². The fourth-order valence-corrected chi connectivity index (χ4v) is 6.00. The van der Waals surface area contributed by atoms with E-state index >= 15 is 0 Å². The lowest BCUT2D eigenvalue weighted by Crippen LogP contribution is -2.51. The summed E-state index contributed by atoms with van der Waals surface area (Å²) in [5.74, 6) is 0.749. The largest absolute Gasteiger partial charge is 0.495 e. The van der Waals surface area contributed by atoms with E-state index in [1.807, 2.05) is 18.5 Å². The molecule has 2 aromatic rings. The van der Waals surface area contributed by atoms with Crippen LogP contribution in [-0.4, -0.2) is 67.5 Å². The van der Waals surface area contributed by atoms with Crippen LogP contribution in [0.2, 0.25) is 0 Å². The van der Waals surface area contributed by atoms with Crippen molar-refractivity contribution in [3.8, 4) is 16.9 Å². The molecule has 7 heteroatoms. The summed E-state index contributed by atoms with van der Waals surface area (Å²) in [6, 6.07) is 4.94. The van der Waals surface area contributed by atoms with E-state index in [2.05, 4.69) is 31.4 Å². The number of ether oxygens (including phenoxy) is 1. The van der Waals surface area contributed by atoms with Crippen molar-refractivity contribution in [2.45, 2.75) is 44.6 Å². The maximum Gasteiger partial charge on any atom is 0.143 e. The molecule has 0 radical (unpaired) electrons. The Morgan fingerprint density at radius 3 is 2.45 bits per heavy atom. The van der Waals surface area contributed by atoms with E-state index in [-0.39, 0.29) is 0 Å². The Morgan fingerprint density at radius 2 is 1.81 bits per heavy atom. The molecule has 1 aromatic heterocycles. The minimum absolute atomic E-state index is 0.536. The van der Waals surface area contributed by atoms with Gasteiger partial charge >= 0.3 is 0 Å².